The first-order chi connectivity index (χ1) is 15.3. The molecule has 3 aromatic rings. The largest absolute Gasteiger partial charge is 0.504 e. The normalized spacial score (nSPS) is 12.2. The van der Waals surface area contributed by atoms with Crippen molar-refractivity contribution in [3.05, 3.63) is 70.3 Å². The molecule has 32 heavy (non-hydrogen) atoms. The predicted molar refractivity (Wildman–Crippen MR) is 114 cm³/mol. The van der Waals surface area contributed by atoms with Crippen molar-refractivity contribution in [3.63, 3.8) is 0 Å². The van der Waals surface area contributed by atoms with Crippen LogP contribution in [0.5, 0.6) is 11.5 Å². The van der Waals surface area contributed by atoms with Crippen LogP contribution >= 0.6 is 0 Å². The number of hydrogen-bond acceptors (Lipinski definition) is 7. The smallest absolute Gasteiger partial charge is 0.412 e. The first-order valence-corrected chi connectivity index (χ1v) is 9.83. The summed E-state index contributed by atoms with van der Waals surface area (Å²) in [7, 11) is 1.24. The van der Waals surface area contributed by atoms with Gasteiger partial charge < -0.3 is 19.9 Å². The molecule has 0 aliphatic heterocycles. The third kappa shape index (κ3) is 3.56. The summed E-state index contributed by atoms with van der Waals surface area (Å²) in [5, 5.41) is 14.0. The molecule has 0 unspecified atom stereocenters. The van der Waals surface area contributed by atoms with Crippen LogP contribution in [0.2, 0.25) is 0 Å². The van der Waals surface area contributed by atoms with Crippen molar-refractivity contribution in [3.8, 4) is 11.5 Å². The van der Waals surface area contributed by atoms with E-state index in [0.717, 1.165) is 0 Å². The Balaban J connectivity index is 1.69. The monoisotopic (exact) mass is 433 g/mol. The lowest BCUT2D eigenvalue weighted by Gasteiger charge is -2.19. The van der Waals surface area contributed by atoms with Crippen LogP contribution in [0.25, 0.3) is 10.8 Å². The lowest BCUT2D eigenvalue weighted by molar-refractivity contribution is -0.140. The SMILES string of the molecule is COC(=O)CCNC(=O)Oc1cc2cc3c(cc2c(C)c1O)C(=O)c1ccccc1C3=O. The van der Waals surface area contributed by atoms with Crippen molar-refractivity contribution >= 4 is 34.4 Å². The van der Waals surface area contributed by atoms with E-state index in [4.69, 9.17) is 4.74 Å². The maximum atomic E-state index is 13.0. The summed E-state index contributed by atoms with van der Waals surface area (Å²) in [6.45, 7) is 1.62. The molecule has 0 aromatic heterocycles. The Morgan fingerprint density at radius 2 is 1.59 bits per heavy atom. The number of carbonyl (C=O) groups is 4. The molecule has 0 saturated heterocycles. The number of aromatic hydroxyl groups is 1. The average Bonchev–Trinajstić information content (AvgIpc) is 2.80. The van der Waals surface area contributed by atoms with Gasteiger partial charge in [0.15, 0.2) is 23.1 Å². The lowest BCUT2D eigenvalue weighted by Crippen LogP contribution is -2.29. The van der Waals surface area contributed by atoms with Crippen LogP contribution in [0.1, 0.15) is 43.8 Å². The van der Waals surface area contributed by atoms with Crippen LogP contribution in [0.4, 0.5) is 4.79 Å². The highest BCUT2D eigenvalue weighted by Crippen LogP contribution is 2.39. The van der Waals surface area contributed by atoms with E-state index < -0.39 is 12.1 Å². The molecule has 0 saturated carbocycles. The van der Waals surface area contributed by atoms with Gasteiger partial charge in [0.05, 0.1) is 13.5 Å². The summed E-state index contributed by atoms with van der Waals surface area (Å²) >= 11 is 0. The topological polar surface area (TPSA) is 119 Å². The Hall–Kier alpha value is -4.20. The fourth-order valence-electron chi connectivity index (χ4n) is 3.71. The van der Waals surface area contributed by atoms with Crippen molar-refractivity contribution in [1.82, 2.24) is 5.32 Å². The Labute approximate surface area is 182 Å². The summed E-state index contributed by atoms with van der Waals surface area (Å²) in [6.07, 6.45) is -0.890. The first kappa shape index (κ1) is 21.0. The van der Waals surface area contributed by atoms with Crippen LogP contribution < -0.4 is 10.1 Å². The zero-order valence-corrected chi connectivity index (χ0v) is 17.4. The summed E-state index contributed by atoms with van der Waals surface area (Å²) in [4.78, 5) is 49.1. The highest BCUT2D eigenvalue weighted by molar-refractivity contribution is 6.29. The molecule has 2 N–H and O–H groups in total. The zero-order chi connectivity index (χ0) is 23.0. The van der Waals surface area contributed by atoms with E-state index in [0.29, 0.717) is 27.5 Å². The van der Waals surface area contributed by atoms with Gasteiger partial charge in [-0.3, -0.25) is 14.4 Å². The summed E-state index contributed by atoms with van der Waals surface area (Å²) in [6, 6.07) is 11.2. The van der Waals surface area contributed by atoms with Gasteiger partial charge in [0.2, 0.25) is 0 Å². The van der Waals surface area contributed by atoms with Gasteiger partial charge in [-0.15, -0.1) is 0 Å². The number of benzene rings is 3. The van der Waals surface area contributed by atoms with Crippen LogP contribution in [0, 0.1) is 6.92 Å². The zero-order valence-electron chi connectivity index (χ0n) is 17.4. The van der Waals surface area contributed by atoms with Gasteiger partial charge >= 0.3 is 12.1 Å². The van der Waals surface area contributed by atoms with Crippen LogP contribution in [-0.4, -0.2) is 42.4 Å². The minimum atomic E-state index is -0.860. The number of carbonyl (C=O) groups excluding carboxylic acids is 4. The molecule has 3 aromatic carbocycles. The Bertz CT molecular complexity index is 1310. The molecule has 0 spiro atoms. The maximum Gasteiger partial charge on any atom is 0.412 e. The van der Waals surface area contributed by atoms with Gasteiger partial charge in [-0.05, 0) is 35.9 Å². The molecule has 4 rings (SSSR count). The van der Waals surface area contributed by atoms with Crippen molar-refractivity contribution in [2.75, 3.05) is 13.7 Å². The fraction of sp³-hybridized carbons (Fsp3) is 0.167. The van der Waals surface area contributed by atoms with Gasteiger partial charge in [0.1, 0.15) is 0 Å². The number of aryl methyl sites for hydroxylation is 1. The van der Waals surface area contributed by atoms with Gasteiger partial charge in [0, 0.05) is 34.4 Å². The third-order valence-electron chi connectivity index (χ3n) is 5.40. The highest BCUT2D eigenvalue weighted by Gasteiger charge is 2.30. The Morgan fingerprint density at radius 1 is 0.969 bits per heavy atom. The van der Waals surface area contributed by atoms with E-state index in [9.17, 15) is 24.3 Å². The number of esters is 1. The minimum Gasteiger partial charge on any atom is -0.504 e. The first-order valence-electron chi connectivity index (χ1n) is 9.83. The number of phenolic OH excluding ortho intramolecular Hbond substituents is 1. The van der Waals surface area contributed by atoms with Gasteiger partial charge in [-0.2, -0.15) is 0 Å². The van der Waals surface area contributed by atoms with E-state index in [-0.39, 0.29) is 47.2 Å². The molecule has 0 fully saturated rings. The van der Waals surface area contributed by atoms with Gasteiger partial charge in [-0.25, -0.2) is 4.79 Å². The maximum absolute atomic E-state index is 13.0. The number of rotatable bonds is 4. The summed E-state index contributed by atoms with van der Waals surface area (Å²) in [5.74, 6) is -1.40. The van der Waals surface area contributed by atoms with Crippen molar-refractivity contribution in [2.45, 2.75) is 13.3 Å². The van der Waals surface area contributed by atoms with E-state index in [1.165, 1.54) is 13.2 Å². The number of methoxy groups -OCH3 is 1. The van der Waals surface area contributed by atoms with E-state index in [2.05, 4.69) is 10.1 Å². The van der Waals surface area contributed by atoms with Crippen LogP contribution in [0.3, 0.4) is 0 Å². The number of phenols is 1. The van der Waals surface area contributed by atoms with E-state index in [1.807, 2.05) is 0 Å². The molecular weight excluding hydrogens is 414 g/mol. The molecule has 0 atom stereocenters. The fourth-order valence-corrected chi connectivity index (χ4v) is 3.71. The molecular formula is C24H19NO7. The molecule has 1 aliphatic carbocycles. The van der Waals surface area contributed by atoms with Crippen molar-refractivity contribution in [1.29, 1.82) is 0 Å². The second kappa shape index (κ2) is 8.14. The number of nitrogens with one attached hydrogen (secondary N) is 1. The van der Waals surface area contributed by atoms with Crippen LogP contribution in [-0.2, 0) is 9.53 Å². The molecule has 1 aliphatic rings. The average molecular weight is 433 g/mol. The van der Waals surface area contributed by atoms with Crippen molar-refractivity contribution in [2.24, 2.45) is 0 Å². The second-order valence-electron chi connectivity index (χ2n) is 7.31. The Morgan fingerprint density at radius 3 is 2.22 bits per heavy atom. The third-order valence-corrected chi connectivity index (χ3v) is 5.40. The molecule has 0 radical (unpaired) electrons. The second-order valence-corrected chi connectivity index (χ2v) is 7.31. The molecule has 162 valence electrons. The summed E-state index contributed by atoms with van der Waals surface area (Å²) in [5.41, 5.74) is 1.58. The molecule has 8 heteroatoms. The molecule has 1 amide bonds. The number of ketones is 2. The van der Waals surface area contributed by atoms with E-state index >= 15 is 0 Å². The number of amides is 1. The van der Waals surface area contributed by atoms with Crippen LogP contribution in [0.15, 0.2) is 42.5 Å². The Kier molecular flexibility index (Phi) is 5.36. The molecule has 8 nitrogen and oxygen atoms in total. The number of hydrogen-bond donors (Lipinski definition) is 2. The lowest BCUT2D eigenvalue weighted by atomic mass is 9.82. The number of fused-ring (bicyclic) bond motifs is 3. The molecule has 0 heterocycles. The van der Waals surface area contributed by atoms with Gasteiger partial charge in [-0.1, -0.05) is 24.3 Å². The van der Waals surface area contributed by atoms with Crippen molar-refractivity contribution < 1.29 is 33.8 Å². The quantitative estimate of drug-likeness (QED) is 0.474. The predicted octanol–water partition coefficient (Wildman–Crippen LogP) is 3.28. The summed E-state index contributed by atoms with van der Waals surface area (Å²) < 4.78 is 9.69. The highest BCUT2D eigenvalue weighted by atomic mass is 16.6. The standard InChI is InChI=1S/C24H19NO7/c1-12-16-11-18-17(22(28)14-5-3-4-6-15(14)23(18)29)9-13(16)10-19(21(12)27)32-24(30)25-8-7-20(26)31-2/h3-6,9-11,27H,7-8H2,1-2H3,(H,25,30). The molecule has 0 bridgehead atoms. The minimum absolute atomic E-state index is 0.00234. The van der Waals surface area contributed by atoms with E-state index in [1.54, 1.807) is 43.3 Å². The van der Waals surface area contributed by atoms with Gasteiger partial charge in [0.25, 0.3) is 0 Å². The number of ether oxygens (including phenoxy) is 2.